The summed E-state index contributed by atoms with van der Waals surface area (Å²) < 4.78 is 0. The summed E-state index contributed by atoms with van der Waals surface area (Å²) in [5, 5.41) is 0. The molecular weight excluding hydrogens is 144 g/mol. The van der Waals surface area contributed by atoms with Crippen molar-refractivity contribution in [3.63, 3.8) is 0 Å². The van der Waals surface area contributed by atoms with Crippen molar-refractivity contribution >= 4 is 0 Å². The molecule has 0 fully saturated rings. The van der Waals surface area contributed by atoms with Crippen molar-refractivity contribution in [2.75, 3.05) is 0 Å². The first kappa shape index (κ1) is 11.7. The highest BCUT2D eigenvalue weighted by Gasteiger charge is 2.11. The molecular formula is C12H24. The summed E-state index contributed by atoms with van der Waals surface area (Å²) in [7, 11) is 0. The Morgan fingerprint density at radius 1 is 1.08 bits per heavy atom. The van der Waals surface area contributed by atoms with Crippen LogP contribution in [0.5, 0.6) is 0 Å². The lowest BCUT2D eigenvalue weighted by Gasteiger charge is -2.19. The van der Waals surface area contributed by atoms with Gasteiger partial charge in [0.2, 0.25) is 0 Å². The maximum atomic E-state index is 2.38. The molecule has 0 rings (SSSR count). The number of hydrogen-bond acceptors (Lipinski definition) is 0. The first-order valence-electron chi connectivity index (χ1n) is 5.39. The lowest BCUT2D eigenvalue weighted by molar-refractivity contribution is 0.374. The first-order chi connectivity index (χ1) is 5.76. The molecule has 0 nitrogen and oxygen atoms in total. The Morgan fingerprint density at radius 2 is 1.67 bits per heavy atom. The minimum Gasteiger partial charge on any atom is -0.0914 e. The van der Waals surface area contributed by atoms with Crippen LogP contribution in [0.15, 0.2) is 12.2 Å². The summed E-state index contributed by atoms with van der Waals surface area (Å²) in [4.78, 5) is 0. The zero-order valence-electron chi connectivity index (χ0n) is 9.14. The fourth-order valence-electron chi connectivity index (χ4n) is 1.82. The molecule has 0 aliphatic carbocycles. The maximum Gasteiger partial charge on any atom is -0.0208 e. The van der Waals surface area contributed by atoms with E-state index < -0.39 is 0 Å². The molecule has 2 atom stereocenters. The fraction of sp³-hybridized carbons (Fsp3) is 0.833. The van der Waals surface area contributed by atoms with E-state index in [9.17, 15) is 0 Å². The molecule has 0 aliphatic heterocycles. The Balaban J connectivity index is 3.89. The van der Waals surface area contributed by atoms with Crippen molar-refractivity contribution in [3.8, 4) is 0 Å². The van der Waals surface area contributed by atoms with Gasteiger partial charge in [0.25, 0.3) is 0 Å². The minimum atomic E-state index is 0.819. The van der Waals surface area contributed by atoms with E-state index in [1.54, 1.807) is 0 Å². The standard InChI is InChI=1S/C12H24/c1-5-8-11(4)12(9-6-2)10-7-3/h6,9,11-12H,5,7-8,10H2,1-4H3. The summed E-state index contributed by atoms with van der Waals surface area (Å²) in [5.74, 6) is 1.69. The van der Waals surface area contributed by atoms with Crippen molar-refractivity contribution in [2.45, 2.75) is 53.4 Å². The fourth-order valence-corrected chi connectivity index (χ4v) is 1.82. The van der Waals surface area contributed by atoms with Crippen LogP contribution in [-0.2, 0) is 0 Å². The van der Waals surface area contributed by atoms with Gasteiger partial charge in [-0.3, -0.25) is 0 Å². The zero-order valence-corrected chi connectivity index (χ0v) is 9.14. The molecule has 0 spiro atoms. The normalized spacial score (nSPS) is 16.7. The highest BCUT2D eigenvalue weighted by molar-refractivity contribution is 4.87. The summed E-state index contributed by atoms with van der Waals surface area (Å²) in [6.07, 6.45) is 9.93. The van der Waals surface area contributed by atoms with Crippen LogP contribution in [0.4, 0.5) is 0 Å². The molecule has 0 aromatic heterocycles. The highest BCUT2D eigenvalue weighted by atomic mass is 14.2. The summed E-state index contributed by atoms with van der Waals surface area (Å²) >= 11 is 0. The van der Waals surface area contributed by atoms with E-state index in [0.717, 1.165) is 11.8 Å². The van der Waals surface area contributed by atoms with Crippen LogP contribution in [0.25, 0.3) is 0 Å². The largest absolute Gasteiger partial charge is 0.0914 e. The second kappa shape index (κ2) is 7.39. The molecule has 0 aliphatic rings. The van der Waals surface area contributed by atoms with Gasteiger partial charge in [0.1, 0.15) is 0 Å². The van der Waals surface area contributed by atoms with Crippen LogP contribution in [0, 0.1) is 11.8 Å². The molecule has 0 aromatic carbocycles. The Bertz CT molecular complexity index is 113. The molecule has 12 heavy (non-hydrogen) atoms. The number of allylic oxidation sites excluding steroid dienone is 2. The van der Waals surface area contributed by atoms with Crippen molar-refractivity contribution < 1.29 is 0 Å². The number of rotatable bonds is 6. The van der Waals surface area contributed by atoms with Crippen LogP contribution in [0.1, 0.15) is 53.4 Å². The van der Waals surface area contributed by atoms with Gasteiger partial charge in [-0.2, -0.15) is 0 Å². The van der Waals surface area contributed by atoms with E-state index in [4.69, 9.17) is 0 Å². The molecule has 0 radical (unpaired) electrons. The van der Waals surface area contributed by atoms with Gasteiger partial charge in [-0.15, -0.1) is 0 Å². The van der Waals surface area contributed by atoms with Crippen molar-refractivity contribution in [1.29, 1.82) is 0 Å². The third kappa shape index (κ3) is 4.58. The zero-order chi connectivity index (χ0) is 9.40. The number of hydrogen-bond donors (Lipinski definition) is 0. The third-order valence-electron chi connectivity index (χ3n) is 2.54. The Labute approximate surface area is 78.1 Å². The van der Waals surface area contributed by atoms with Crippen molar-refractivity contribution in [2.24, 2.45) is 11.8 Å². The van der Waals surface area contributed by atoms with Gasteiger partial charge in [-0.05, 0) is 25.2 Å². The SMILES string of the molecule is CC=CC(CCC)C(C)CCC. The van der Waals surface area contributed by atoms with E-state index in [1.807, 2.05) is 0 Å². The summed E-state index contributed by atoms with van der Waals surface area (Å²) in [5.41, 5.74) is 0. The van der Waals surface area contributed by atoms with Crippen molar-refractivity contribution in [3.05, 3.63) is 12.2 Å². The molecule has 0 aromatic rings. The Hall–Kier alpha value is -0.260. The average molecular weight is 168 g/mol. The first-order valence-corrected chi connectivity index (χ1v) is 5.39. The van der Waals surface area contributed by atoms with Gasteiger partial charge >= 0.3 is 0 Å². The summed E-state index contributed by atoms with van der Waals surface area (Å²) in [6.45, 7) is 9.05. The Morgan fingerprint density at radius 3 is 2.08 bits per heavy atom. The topological polar surface area (TPSA) is 0 Å². The van der Waals surface area contributed by atoms with Gasteiger partial charge in [0.15, 0.2) is 0 Å². The maximum absolute atomic E-state index is 2.38. The minimum absolute atomic E-state index is 0.819. The highest BCUT2D eigenvalue weighted by Crippen LogP contribution is 2.23. The molecule has 0 saturated carbocycles. The predicted molar refractivity (Wildman–Crippen MR) is 57.3 cm³/mol. The molecule has 0 N–H and O–H groups in total. The lowest BCUT2D eigenvalue weighted by Crippen LogP contribution is -2.08. The molecule has 0 saturated heterocycles. The van der Waals surface area contributed by atoms with Gasteiger partial charge in [0, 0.05) is 0 Å². The molecule has 72 valence electrons. The van der Waals surface area contributed by atoms with Gasteiger partial charge in [-0.25, -0.2) is 0 Å². The molecule has 0 heteroatoms. The molecule has 2 unspecified atom stereocenters. The monoisotopic (exact) mass is 168 g/mol. The van der Waals surface area contributed by atoms with Crippen LogP contribution in [0.2, 0.25) is 0 Å². The van der Waals surface area contributed by atoms with E-state index in [-0.39, 0.29) is 0 Å². The van der Waals surface area contributed by atoms with Crippen LogP contribution in [-0.4, -0.2) is 0 Å². The second-order valence-electron chi connectivity index (χ2n) is 3.74. The van der Waals surface area contributed by atoms with Crippen molar-refractivity contribution in [1.82, 2.24) is 0 Å². The van der Waals surface area contributed by atoms with Gasteiger partial charge in [-0.1, -0.05) is 52.2 Å². The van der Waals surface area contributed by atoms with E-state index in [0.29, 0.717) is 0 Å². The summed E-state index contributed by atoms with van der Waals surface area (Å²) in [6, 6.07) is 0. The predicted octanol–water partition coefficient (Wildman–Crippen LogP) is 4.42. The second-order valence-corrected chi connectivity index (χ2v) is 3.74. The molecule has 0 bridgehead atoms. The van der Waals surface area contributed by atoms with Crippen LogP contribution in [0.3, 0.4) is 0 Å². The molecule has 0 amide bonds. The Kier molecular flexibility index (Phi) is 7.23. The van der Waals surface area contributed by atoms with E-state index >= 15 is 0 Å². The quantitative estimate of drug-likeness (QED) is 0.515. The van der Waals surface area contributed by atoms with Gasteiger partial charge < -0.3 is 0 Å². The third-order valence-corrected chi connectivity index (χ3v) is 2.54. The van der Waals surface area contributed by atoms with Crippen LogP contribution < -0.4 is 0 Å². The smallest absolute Gasteiger partial charge is 0.0208 e. The van der Waals surface area contributed by atoms with E-state index in [1.165, 1.54) is 25.7 Å². The van der Waals surface area contributed by atoms with E-state index in [2.05, 4.69) is 39.8 Å². The molecule has 0 heterocycles. The van der Waals surface area contributed by atoms with Crippen LogP contribution >= 0.6 is 0 Å². The van der Waals surface area contributed by atoms with Gasteiger partial charge in [0.05, 0.1) is 0 Å². The average Bonchev–Trinajstić information content (AvgIpc) is 2.04. The lowest BCUT2D eigenvalue weighted by atomic mass is 9.86.